The van der Waals surface area contributed by atoms with Crippen LogP contribution in [-0.2, 0) is 11.2 Å². The molecule has 5 heteroatoms. The highest BCUT2D eigenvalue weighted by Crippen LogP contribution is 2.13. The molecule has 1 atom stereocenters. The van der Waals surface area contributed by atoms with Gasteiger partial charge in [0.25, 0.3) is 0 Å². The van der Waals surface area contributed by atoms with Gasteiger partial charge in [-0.3, -0.25) is 4.79 Å². The number of alkyl halides is 1. The average Bonchev–Trinajstić information content (AvgIpc) is 2.23. The van der Waals surface area contributed by atoms with Crippen molar-refractivity contribution in [3.05, 3.63) is 35.4 Å². The van der Waals surface area contributed by atoms with E-state index in [-0.39, 0.29) is 29.8 Å². The largest absolute Gasteiger partial charge is 0.352 e. The van der Waals surface area contributed by atoms with E-state index in [1.54, 1.807) is 6.92 Å². The summed E-state index contributed by atoms with van der Waals surface area (Å²) in [5.74, 6) is -1.73. The lowest BCUT2D eigenvalue weighted by Gasteiger charge is -2.13. The van der Waals surface area contributed by atoms with Gasteiger partial charge in [-0.25, -0.2) is 8.78 Å². The number of benzene rings is 1. The molecule has 0 heterocycles. The number of rotatable bonds is 4. The molecule has 0 bridgehead atoms. The van der Waals surface area contributed by atoms with Crippen LogP contribution >= 0.6 is 11.6 Å². The third-order valence-corrected chi connectivity index (χ3v) is 2.34. The van der Waals surface area contributed by atoms with Crippen LogP contribution in [0.5, 0.6) is 0 Å². The Kier molecular flexibility index (Phi) is 4.68. The van der Waals surface area contributed by atoms with Crippen LogP contribution in [0.1, 0.15) is 12.5 Å². The lowest BCUT2D eigenvalue weighted by Crippen LogP contribution is -2.35. The number of carbonyl (C=O) groups excluding carboxylic acids is 1. The Bertz CT molecular complexity index is 364. The molecule has 1 N–H and O–H groups in total. The van der Waals surface area contributed by atoms with Crippen LogP contribution < -0.4 is 5.32 Å². The van der Waals surface area contributed by atoms with Gasteiger partial charge in [0, 0.05) is 11.6 Å². The SMILES string of the molecule is CC(Cc1c(F)cccc1F)NC(=O)CCl. The molecule has 0 aliphatic rings. The molecule has 88 valence electrons. The second-order valence-electron chi connectivity index (χ2n) is 3.51. The molecular weight excluding hydrogens is 236 g/mol. The van der Waals surface area contributed by atoms with Crippen molar-refractivity contribution in [2.45, 2.75) is 19.4 Å². The van der Waals surface area contributed by atoms with Gasteiger partial charge in [0.2, 0.25) is 5.91 Å². The molecule has 0 spiro atoms. The maximum Gasteiger partial charge on any atom is 0.235 e. The number of carbonyl (C=O) groups is 1. The second-order valence-corrected chi connectivity index (χ2v) is 3.77. The molecule has 0 radical (unpaired) electrons. The monoisotopic (exact) mass is 247 g/mol. The fourth-order valence-corrected chi connectivity index (χ4v) is 1.48. The molecule has 16 heavy (non-hydrogen) atoms. The molecule has 1 unspecified atom stereocenters. The minimum atomic E-state index is -0.605. The fourth-order valence-electron chi connectivity index (χ4n) is 1.40. The normalized spacial score (nSPS) is 12.2. The van der Waals surface area contributed by atoms with Gasteiger partial charge < -0.3 is 5.32 Å². The van der Waals surface area contributed by atoms with Crippen LogP contribution in [0.2, 0.25) is 0 Å². The van der Waals surface area contributed by atoms with E-state index < -0.39 is 11.6 Å². The Balaban J connectivity index is 2.69. The van der Waals surface area contributed by atoms with E-state index in [4.69, 9.17) is 11.6 Å². The molecule has 1 amide bonds. The standard InChI is InChI=1S/C11H12ClF2NO/c1-7(15-11(16)6-12)5-8-9(13)3-2-4-10(8)14/h2-4,7H,5-6H2,1H3,(H,15,16). The molecule has 0 aliphatic carbocycles. The van der Waals surface area contributed by atoms with Crippen molar-refractivity contribution in [2.75, 3.05) is 5.88 Å². The van der Waals surface area contributed by atoms with Crippen LogP contribution in [0.15, 0.2) is 18.2 Å². The highest BCUT2D eigenvalue weighted by molar-refractivity contribution is 6.27. The molecule has 0 fully saturated rings. The Morgan fingerprint density at radius 1 is 1.44 bits per heavy atom. The second kappa shape index (κ2) is 5.80. The first-order chi connectivity index (χ1) is 7.54. The molecule has 1 aromatic rings. The number of hydrogen-bond acceptors (Lipinski definition) is 1. The van der Waals surface area contributed by atoms with Crippen molar-refractivity contribution in [1.29, 1.82) is 0 Å². The summed E-state index contributed by atoms with van der Waals surface area (Å²) >= 11 is 5.30. The predicted molar refractivity (Wildman–Crippen MR) is 58.4 cm³/mol. The molecular formula is C11H12ClF2NO. The summed E-state index contributed by atoms with van der Waals surface area (Å²) in [6, 6.07) is 3.32. The molecule has 0 saturated heterocycles. The number of halogens is 3. The minimum Gasteiger partial charge on any atom is -0.352 e. The third kappa shape index (κ3) is 3.45. The Labute approximate surface area is 97.6 Å². The Morgan fingerprint density at radius 2 is 2.00 bits per heavy atom. The predicted octanol–water partition coefficient (Wildman–Crippen LogP) is 2.25. The van der Waals surface area contributed by atoms with Gasteiger partial charge in [0.15, 0.2) is 0 Å². The zero-order valence-corrected chi connectivity index (χ0v) is 9.52. The lowest BCUT2D eigenvalue weighted by molar-refractivity contribution is -0.119. The smallest absolute Gasteiger partial charge is 0.235 e. The molecule has 1 aromatic carbocycles. The van der Waals surface area contributed by atoms with Crippen LogP contribution in [0.3, 0.4) is 0 Å². The first-order valence-electron chi connectivity index (χ1n) is 4.82. The van der Waals surface area contributed by atoms with Crippen molar-refractivity contribution >= 4 is 17.5 Å². The van der Waals surface area contributed by atoms with Gasteiger partial charge in [-0.2, -0.15) is 0 Å². The number of amides is 1. The van der Waals surface area contributed by atoms with E-state index in [1.165, 1.54) is 18.2 Å². The summed E-state index contributed by atoms with van der Waals surface area (Å²) in [5, 5.41) is 2.53. The first kappa shape index (κ1) is 12.9. The Morgan fingerprint density at radius 3 is 2.50 bits per heavy atom. The highest BCUT2D eigenvalue weighted by atomic mass is 35.5. The van der Waals surface area contributed by atoms with E-state index in [2.05, 4.69) is 5.32 Å². The lowest BCUT2D eigenvalue weighted by atomic mass is 10.1. The van der Waals surface area contributed by atoms with Gasteiger partial charge in [-0.15, -0.1) is 11.6 Å². The highest BCUT2D eigenvalue weighted by Gasteiger charge is 2.13. The molecule has 1 rings (SSSR count). The zero-order chi connectivity index (χ0) is 12.1. The van der Waals surface area contributed by atoms with Crippen molar-refractivity contribution < 1.29 is 13.6 Å². The topological polar surface area (TPSA) is 29.1 Å². The van der Waals surface area contributed by atoms with E-state index in [0.717, 1.165) is 0 Å². The maximum atomic E-state index is 13.3. The van der Waals surface area contributed by atoms with E-state index in [9.17, 15) is 13.6 Å². The van der Waals surface area contributed by atoms with Crippen LogP contribution in [-0.4, -0.2) is 17.8 Å². The quantitative estimate of drug-likeness (QED) is 0.813. The zero-order valence-electron chi connectivity index (χ0n) is 8.77. The van der Waals surface area contributed by atoms with Crippen LogP contribution in [0.25, 0.3) is 0 Å². The number of hydrogen-bond donors (Lipinski definition) is 1. The summed E-state index contributed by atoms with van der Waals surface area (Å²) < 4.78 is 26.5. The maximum absolute atomic E-state index is 13.3. The van der Waals surface area contributed by atoms with Crippen LogP contribution in [0.4, 0.5) is 8.78 Å². The van der Waals surface area contributed by atoms with Gasteiger partial charge >= 0.3 is 0 Å². The van der Waals surface area contributed by atoms with E-state index in [0.29, 0.717) is 0 Å². The summed E-state index contributed by atoms with van der Waals surface area (Å²) in [6.07, 6.45) is 0.0983. The van der Waals surface area contributed by atoms with Gasteiger partial charge in [-0.1, -0.05) is 6.07 Å². The van der Waals surface area contributed by atoms with Crippen molar-refractivity contribution in [3.8, 4) is 0 Å². The summed E-state index contributed by atoms with van der Waals surface area (Å²) in [7, 11) is 0. The molecule has 0 aromatic heterocycles. The fraction of sp³-hybridized carbons (Fsp3) is 0.364. The number of nitrogens with one attached hydrogen (secondary N) is 1. The Hall–Kier alpha value is -1.16. The van der Waals surface area contributed by atoms with Crippen molar-refractivity contribution in [1.82, 2.24) is 5.32 Å². The summed E-state index contributed by atoms with van der Waals surface area (Å²) in [5.41, 5.74) is -0.0233. The molecule has 2 nitrogen and oxygen atoms in total. The van der Waals surface area contributed by atoms with Crippen molar-refractivity contribution in [2.24, 2.45) is 0 Å². The third-order valence-electron chi connectivity index (χ3n) is 2.10. The molecule has 0 saturated carbocycles. The van der Waals surface area contributed by atoms with E-state index >= 15 is 0 Å². The van der Waals surface area contributed by atoms with Gasteiger partial charge in [0.1, 0.15) is 17.5 Å². The average molecular weight is 248 g/mol. The first-order valence-corrected chi connectivity index (χ1v) is 5.36. The van der Waals surface area contributed by atoms with E-state index in [1.807, 2.05) is 0 Å². The van der Waals surface area contributed by atoms with Gasteiger partial charge in [-0.05, 0) is 25.5 Å². The molecule has 0 aliphatic heterocycles. The minimum absolute atomic E-state index is 0.0233. The summed E-state index contributed by atoms with van der Waals surface area (Å²) in [6.45, 7) is 1.66. The van der Waals surface area contributed by atoms with Gasteiger partial charge in [0.05, 0.1) is 0 Å². The van der Waals surface area contributed by atoms with Crippen molar-refractivity contribution in [3.63, 3.8) is 0 Å². The van der Waals surface area contributed by atoms with Crippen LogP contribution in [0, 0.1) is 11.6 Å². The summed E-state index contributed by atoms with van der Waals surface area (Å²) in [4.78, 5) is 11.0.